The molecule has 2 aliphatic rings. The monoisotopic (exact) mass is 324 g/mol. The Morgan fingerprint density at radius 1 is 1.13 bits per heavy atom. The first-order valence-corrected chi connectivity index (χ1v) is 9.38. The third kappa shape index (κ3) is 5.20. The van der Waals surface area contributed by atoms with Crippen LogP contribution in [0.15, 0.2) is 0 Å². The third-order valence-electron chi connectivity index (χ3n) is 5.35. The first-order chi connectivity index (χ1) is 11.1. The first-order valence-electron chi connectivity index (χ1n) is 9.38. The molecule has 2 amide bonds. The van der Waals surface area contributed by atoms with Gasteiger partial charge in [-0.05, 0) is 50.9 Å². The van der Waals surface area contributed by atoms with Crippen molar-refractivity contribution in [2.45, 2.75) is 83.3 Å². The minimum atomic E-state index is -0.281. The summed E-state index contributed by atoms with van der Waals surface area (Å²) in [4.78, 5) is 26.1. The van der Waals surface area contributed by atoms with Gasteiger partial charge in [0.05, 0.1) is 6.10 Å². The summed E-state index contributed by atoms with van der Waals surface area (Å²) < 4.78 is 0. The molecule has 0 spiro atoms. The van der Waals surface area contributed by atoms with Gasteiger partial charge in [-0.25, -0.2) is 0 Å². The van der Waals surface area contributed by atoms with Crippen molar-refractivity contribution < 1.29 is 14.7 Å². The second-order valence-electron chi connectivity index (χ2n) is 7.00. The van der Waals surface area contributed by atoms with Crippen molar-refractivity contribution in [1.29, 1.82) is 0 Å². The van der Waals surface area contributed by atoms with Crippen LogP contribution in [0.5, 0.6) is 0 Å². The Kier molecular flexibility index (Phi) is 7.34. The van der Waals surface area contributed by atoms with Crippen molar-refractivity contribution in [2.75, 3.05) is 13.1 Å². The molecule has 0 bridgehead atoms. The molecule has 1 saturated carbocycles. The average molecular weight is 324 g/mol. The summed E-state index contributed by atoms with van der Waals surface area (Å²) in [5.74, 6) is 0.472. The minimum Gasteiger partial charge on any atom is -0.393 e. The molecule has 2 rings (SSSR count). The van der Waals surface area contributed by atoms with Gasteiger partial charge in [0, 0.05) is 19.5 Å². The molecule has 0 radical (unpaired) electrons. The van der Waals surface area contributed by atoms with Crippen LogP contribution in [0, 0.1) is 5.92 Å². The lowest BCUT2D eigenvalue weighted by Crippen LogP contribution is -2.51. The Morgan fingerprint density at radius 3 is 2.61 bits per heavy atom. The number of carbonyl (C=O) groups is 2. The van der Waals surface area contributed by atoms with Crippen LogP contribution in [0.4, 0.5) is 0 Å². The molecule has 5 nitrogen and oxygen atoms in total. The number of piperidine rings is 1. The molecule has 0 aromatic carbocycles. The number of carbonyl (C=O) groups excluding carboxylic acids is 2. The van der Waals surface area contributed by atoms with E-state index in [0.717, 1.165) is 51.4 Å². The topological polar surface area (TPSA) is 69.6 Å². The predicted octanol–water partition coefficient (Wildman–Crippen LogP) is 2.23. The Hall–Kier alpha value is -1.10. The summed E-state index contributed by atoms with van der Waals surface area (Å²) in [5, 5.41) is 13.0. The smallest absolute Gasteiger partial charge is 0.242 e. The minimum absolute atomic E-state index is 0.00399. The predicted molar refractivity (Wildman–Crippen MR) is 89.9 cm³/mol. The van der Waals surface area contributed by atoms with Crippen molar-refractivity contribution >= 4 is 11.8 Å². The van der Waals surface area contributed by atoms with Crippen LogP contribution in [0.1, 0.15) is 71.1 Å². The number of amides is 2. The lowest BCUT2D eigenvalue weighted by molar-refractivity contribution is -0.142. The summed E-state index contributed by atoms with van der Waals surface area (Å²) >= 11 is 0. The lowest BCUT2D eigenvalue weighted by Gasteiger charge is -2.34. The molecule has 5 heteroatoms. The maximum Gasteiger partial charge on any atom is 0.242 e. The van der Waals surface area contributed by atoms with Crippen LogP contribution >= 0.6 is 0 Å². The number of likely N-dealkylation sites (tertiary alicyclic amines) is 1. The molecule has 3 unspecified atom stereocenters. The molecule has 2 N–H and O–H groups in total. The standard InChI is InChI=1S/C18H32N2O3/c1-2-17(22)20-13-6-5-10-15(20)18(23)19-12-7-9-14-8-3-4-11-16(14)21/h14-16,21H,2-13H2,1H3,(H,19,23). The van der Waals surface area contributed by atoms with Crippen LogP contribution in [0.3, 0.4) is 0 Å². The van der Waals surface area contributed by atoms with E-state index in [-0.39, 0.29) is 24.0 Å². The van der Waals surface area contributed by atoms with Crippen molar-refractivity contribution in [1.82, 2.24) is 10.2 Å². The van der Waals surface area contributed by atoms with Crippen molar-refractivity contribution in [3.05, 3.63) is 0 Å². The highest BCUT2D eigenvalue weighted by molar-refractivity contribution is 5.87. The van der Waals surface area contributed by atoms with Crippen molar-refractivity contribution in [2.24, 2.45) is 5.92 Å². The molecular formula is C18H32N2O3. The van der Waals surface area contributed by atoms with Crippen LogP contribution in [-0.4, -0.2) is 47.1 Å². The number of hydrogen-bond acceptors (Lipinski definition) is 3. The molecule has 0 aromatic rings. The molecule has 3 atom stereocenters. The van der Waals surface area contributed by atoms with Crippen LogP contribution in [0.25, 0.3) is 0 Å². The van der Waals surface area contributed by atoms with Gasteiger partial charge in [0.1, 0.15) is 6.04 Å². The summed E-state index contributed by atoms with van der Waals surface area (Å²) in [6, 6.07) is -0.281. The van der Waals surface area contributed by atoms with Crippen molar-refractivity contribution in [3.63, 3.8) is 0 Å². The van der Waals surface area contributed by atoms with E-state index >= 15 is 0 Å². The molecule has 1 saturated heterocycles. The fourth-order valence-corrected chi connectivity index (χ4v) is 3.92. The lowest BCUT2D eigenvalue weighted by atomic mass is 9.83. The maximum atomic E-state index is 12.4. The van der Waals surface area contributed by atoms with Gasteiger partial charge in [-0.3, -0.25) is 9.59 Å². The largest absolute Gasteiger partial charge is 0.393 e. The van der Waals surface area contributed by atoms with Gasteiger partial charge in [0.15, 0.2) is 0 Å². The normalized spacial score (nSPS) is 28.4. The van der Waals surface area contributed by atoms with E-state index in [1.54, 1.807) is 4.90 Å². The Balaban J connectivity index is 1.71. The highest BCUT2D eigenvalue weighted by Gasteiger charge is 2.31. The second-order valence-corrected chi connectivity index (χ2v) is 7.00. The maximum absolute atomic E-state index is 12.4. The Labute approximate surface area is 139 Å². The van der Waals surface area contributed by atoms with E-state index in [4.69, 9.17) is 0 Å². The molecule has 1 heterocycles. The summed E-state index contributed by atoms with van der Waals surface area (Å²) in [5.41, 5.74) is 0. The van der Waals surface area contributed by atoms with E-state index in [9.17, 15) is 14.7 Å². The highest BCUT2D eigenvalue weighted by atomic mass is 16.3. The van der Waals surface area contributed by atoms with E-state index < -0.39 is 0 Å². The zero-order valence-electron chi connectivity index (χ0n) is 14.4. The molecule has 23 heavy (non-hydrogen) atoms. The van der Waals surface area contributed by atoms with E-state index in [1.807, 2.05) is 6.92 Å². The molecular weight excluding hydrogens is 292 g/mol. The fourth-order valence-electron chi connectivity index (χ4n) is 3.92. The van der Waals surface area contributed by atoms with Gasteiger partial charge in [-0.1, -0.05) is 19.8 Å². The number of aliphatic hydroxyl groups excluding tert-OH is 1. The number of aliphatic hydroxyl groups is 1. The highest BCUT2D eigenvalue weighted by Crippen LogP contribution is 2.27. The number of hydrogen-bond donors (Lipinski definition) is 2. The zero-order valence-corrected chi connectivity index (χ0v) is 14.4. The molecule has 1 aliphatic heterocycles. The number of rotatable bonds is 6. The average Bonchev–Trinajstić information content (AvgIpc) is 2.59. The van der Waals surface area contributed by atoms with Gasteiger partial charge in [-0.15, -0.1) is 0 Å². The number of nitrogens with zero attached hydrogens (tertiary/aromatic N) is 1. The summed E-state index contributed by atoms with van der Waals surface area (Å²) in [6.07, 6.45) is 9.35. The van der Waals surface area contributed by atoms with Crippen LogP contribution in [0.2, 0.25) is 0 Å². The van der Waals surface area contributed by atoms with Gasteiger partial charge in [-0.2, -0.15) is 0 Å². The van der Waals surface area contributed by atoms with E-state index in [2.05, 4.69) is 5.32 Å². The van der Waals surface area contributed by atoms with E-state index in [1.165, 1.54) is 6.42 Å². The van der Waals surface area contributed by atoms with Gasteiger partial charge >= 0.3 is 0 Å². The van der Waals surface area contributed by atoms with Gasteiger partial charge in [0.2, 0.25) is 11.8 Å². The molecule has 0 aromatic heterocycles. The van der Waals surface area contributed by atoms with Crippen molar-refractivity contribution in [3.8, 4) is 0 Å². The fraction of sp³-hybridized carbons (Fsp3) is 0.889. The Morgan fingerprint density at radius 2 is 1.87 bits per heavy atom. The second kappa shape index (κ2) is 9.26. The Bertz CT molecular complexity index is 400. The van der Waals surface area contributed by atoms with Crippen LogP contribution in [-0.2, 0) is 9.59 Å². The quantitative estimate of drug-likeness (QED) is 0.736. The molecule has 1 aliphatic carbocycles. The first kappa shape index (κ1) is 18.2. The third-order valence-corrected chi connectivity index (χ3v) is 5.35. The summed E-state index contributed by atoms with van der Waals surface area (Å²) in [6.45, 7) is 3.20. The van der Waals surface area contributed by atoms with Crippen LogP contribution < -0.4 is 5.32 Å². The molecule has 2 fully saturated rings. The SMILES string of the molecule is CCC(=O)N1CCCCC1C(=O)NCCCC1CCCCC1O. The van der Waals surface area contributed by atoms with Gasteiger partial charge in [0.25, 0.3) is 0 Å². The summed E-state index contributed by atoms with van der Waals surface area (Å²) in [7, 11) is 0. The number of nitrogens with one attached hydrogen (secondary N) is 1. The van der Waals surface area contributed by atoms with Gasteiger partial charge < -0.3 is 15.3 Å². The zero-order chi connectivity index (χ0) is 16.7. The molecule has 132 valence electrons. The van der Waals surface area contributed by atoms with E-state index in [0.29, 0.717) is 25.4 Å².